The maximum Gasteiger partial charge on any atom is 0.280 e. The van der Waals surface area contributed by atoms with Crippen molar-refractivity contribution in [1.29, 1.82) is 0 Å². The molecule has 1 aliphatic carbocycles. The lowest BCUT2D eigenvalue weighted by molar-refractivity contribution is 0.0785. The molecule has 4 heterocycles. The molecule has 0 aliphatic heterocycles. The van der Waals surface area contributed by atoms with Gasteiger partial charge in [0.2, 0.25) is 0 Å². The first-order chi connectivity index (χ1) is 20.9. The summed E-state index contributed by atoms with van der Waals surface area (Å²) in [5, 5.41) is 10.3. The molecular weight excluding hydrogens is 619 g/mol. The van der Waals surface area contributed by atoms with Crippen molar-refractivity contribution in [3.63, 3.8) is 0 Å². The Kier molecular flexibility index (Phi) is 8.16. The largest absolute Gasteiger partial charge is 0.414 e. The van der Waals surface area contributed by atoms with Gasteiger partial charge in [-0.1, -0.05) is 55.8 Å². The Morgan fingerprint density at radius 1 is 1.16 bits per heavy atom. The number of carbonyl (C=O) groups excluding carboxylic acids is 1. The highest BCUT2D eigenvalue weighted by atomic mass is 35.5. The van der Waals surface area contributed by atoms with Crippen molar-refractivity contribution in [3.05, 3.63) is 64.2 Å². The Morgan fingerprint density at radius 2 is 1.95 bits per heavy atom. The predicted octanol–water partition coefficient (Wildman–Crippen LogP) is 7.05. The molecule has 2 N–H and O–H groups in total. The summed E-state index contributed by atoms with van der Waals surface area (Å²) in [5.41, 5.74) is 2.37. The number of hydrogen-bond donors (Lipinski definition) is 2. The zero-order valence-electron chi connectivity index (χ0n) is 25.1. The zero-order chi connectivity index (χ0) is 31.2. The first-order valence-corrected chi connectivity index (χ1v) is 18.6. The number of fused-ring (bicyclic) bond motifs is 1. The van der Waals surface area contributed by atoms with Crippen LogP contribution in [-0.4, -0.2) is 61.1 Å². The van der Waals surface area contributed by atoms with Gasteiger partial charge in [-0.05, 0) is 55.6 Å². The lowest BCUT2D eigenvalue weighted by atomic mass is 9.88. The summed E-state index contributed by atoms with van der Waals surface area (Å²) < 4.78 is 24.8. The van der Waals surface area contributed by atoms with Gasteiger partial charge >= 0.3 is 0 Å². The normalized spacial score (nSPS) is 19.4. The van der Waals surface area contributed by atoms with Gasteiger partial charge in [0.05, 0.1) is 23.5 Å². The van der Waals surface area contributed by atoms with Crippen LogP contribution in [0.5, 0.6) is 0 Å². The van der Waals surface area contributed by atoms with Crippen LogP contribution in [0.25, 0.3) is 33.9 Å². The van der Waals surface area contributed by atoms with Crippen LogP contribution in [0.1, 0.15) is 55.9 Å². The van der Waals surface area contributed by atoms with Gasteiger partial charge in [0.25, 0.3) is 5.91 Å². The van der Waals surface area contributed by atoms with Gasteiger partial charge in [0, 0.05) is 18.2 Å². The number of nitrogens with zero attached hydrogens (tertiary/aromatic N) is 6. The Hall–Kier alpha value is -3.52. The van der Waals surface area contributed by atoms with Gasteiger partial charge in [-0.25, -0.2) is 19.3 Å². The lowest BCUT2D eigenvalue weighted by Gasteiger charge is -2.43. The van der Waals surface area contributed by atoms with E-state index in [-0.39, 0.29) is 35.0 Å². The van der Waals surface area contributed by atoms with Crippen LogP contribution in [0, 0.1) is 5.82 Å². The number of imidazole rings is 1. The number of aromatic nitrogens is 7. The highest BCUT2D eigenvalue weighted by Crippen LogP contribution is 2.43. The highest BCUT2D eigenvalue weighted by molar-refractivity contribution is 7.17. The predicted molar refractivity (Wildman–Crippen MR) is 172 cm³/mol. The second-order valence-corrected chi connectivity index (χ2v) is 19.1. The lowest BCUT2D eigenvalue weighted by Crippen LogP contribution is -2.49. The van der Waals surface area contributed by atoms with Crippen molar-refractivity contribution in [1.82, 2.24) is 40.0 Å². The number of carbonyl (C=O) groups is 1. The SMILES string of the molecule is CC(C)(C)[Si](C)(C)OC1CC(NC(=O)c2ncc(Cl)s2)CC(n2c(-c3ccccc3F)nc3cnc(-c4ncn[nH]4)cc32)C1. The van der Waals surface area contributed by atoms with E-state index in [9.17, 15) is 4.79 Å². The Balaban J connectivity index is 1.45. The summed E-state index contributed by atoms with van der Waals surface area (Å²) in [6.07, 6.45) is 6.31. The van der Waals surface area contributed by atoms with E-state index in [0.29, 0.717) is 57.0 Å². The molecule has 0 saturated heterocycles. The number of amides is 1. The van der Waals surface area contributed by atoms with Crippen LogP contribution < -0.4 is 5.32 Å². The van der Waals surface area contributed by atoms with E-state index >= 15 is 4.39 Å². The van der Waals surface area contributed by atoms with E-state index in [1.807, 2.05) is 6.07 Å². The van der Waals surface area contributed by atoms with Gasteiger partial charge in [-0.3, -0.25) is 14.9 Å². The number of benzene rings is 1. The molecule has 14 heteroatoms. The molecule has 3 atom stereocenters. The summed E-state index contributed by atoms with van der Waals surface area (Å²) in [6.45, 7) is 11.1. The number of H-pyrrole nitrogens is 1. The number of nitrogens with one attached hydrogen (secondary N) is 2. The van der Waals surface area contributed by atoms with E-state index in [4.69, 9.17) is 21.0 Å². The molecule has 4 aromatic heterocycles. The molecule has 1 amide bonds. The zero-order valence-corrected chi connectivity index (χ0v) is 27.7. The third-order valence-electron chi connectivity index (χ3n) is 8.63. The molecule has 3 unspecified atom stereocenters. The molecule has 1 aromatic carbocycles. The Labute approximate surface area is 264 Å². The summed E-state index contributed by atoms with van der Waals surface area (Å²) in [5.74, 6) is 0.356. The minimum atomic E-state index is -2.18. The minimum Gasteiger partial charge on any atom is -0.414 e. The average molecular weight is 653 g/mol. The van der Waals surface area contributed by atoms with Gasteiger partial charge in [-0.15, -0.1) is 0 Å². The van der Waals surface area contributed by atoms with Crippen molar-refractivity contribution in [2.24, 2.45) is 0 Å². The van der Waals surface area contributed by atoms with E-state index in [1.54, 1.807) is 24.4 Å². The fourth-order valence-electron chi connectivity index (χ4n) is 5.52. The molecule has 1 saturated carbocycles. The standard InChI is InChI=1S/C30H34ClFN8O2SSi/c1-30(2,3)44(4,5)42-19-11-17(37-28(41)29-34-15-25(31)43-29)10-18(12-19)40-24-13-22(26-35-16-36-39-26)33-14-23(24)38-27(40)20-8-6-7-9-21(20)32/h6-9,13-19H,10-12H2,1-5H3,(H,37,41)(H,35,36,39). The quantitative estimate of drug-likeness (QED) is 0.181. The number of thiazole rings is 1. The fourth-order valence-corrected chi connectivity index (χ4v) is 7.72. The first kappa shape index (κ1) is 30.5. The smallest absolute Gasteiger partial charge is 0.280 e. The number of halogens is 2. The molecule has 5 aromatic rings. The topological polar surface area (TPSA) is 124 Å². The van der Waals surface area contributed by atoms with Crippen LogP contribution in [0.2, 0.25) is 22.5 Å². The second kappa shape index (κ2) is 11.8. The maximum atomic E-state index is 15.3. The average Bonchev–Trinajstić information content (AvgIpc) is 3.72. The molecule has 6 rings (SSSR count). The molecule has 44 heavy (non-hydrogen) atoms. The monoisotopic (exact) mass is 652 g/mol. The Bertz CT molecular complexity index is 1800. The summed E-state index contributed by atoms with van der Waals surface area (Å²) in [7, 11) is -2.18. The van der Waals surface area contributed by atoms with Crippen molar-refractivity contribution in [3.8, 4) is 22.9 Å². The Morgan fingerprint density at radius 3 is 2.64 bits per heavy atom. The number of aromatic amines is 1. The van der Waals surface area contributed by atoms with Crippen molar-refractivity contribution >= 4 is 48.2 Å². The molecule has 0 radical (unpaired) electrons. The molecule has 10 nitrogen and oxygen atoms in total. The van der Waals surface area contributed by atoms with Crippen LogP contribution >= 0.6 is 22.9 Å². The minimum absolute atomic E-state index is 0.00595. The van der Waals surface area contributed by atoms with Crippen LogP contribution in [0.4, 0.5) is 4.39 Å². The van der Waals surface area contributed by atoms with Gasteiger partial charge in [0.15, 0.2) is 19.1 Å². The second-order valence-electron chi connectivity index (χ2n) is 12.7. The molecule has 1 aliphatic rings. The maximum absolute atomic E-state index is 15.3. The number of pyridine rings is 1. The summed E-state index contributed by atoms with van der Waals surface area (Å²) in [6, 6.07) is 8.10. The third-order valence-corrected chi connectivity index (χ3v) is 14.3. The molecule has 230 valence electrons. The number of hydrogen-bond acceptors (Lipinski definition) is 8. The summed E-state index contributed by atoms with van der Waals surface area (Å²) in [4.78, 5) is 31.1. The first-order valence-electron chi connectivity index (χ1n) is 14.5. The highest BCUT2D eigenvalue weighted by Gasteiger charge is 2.42. The molecular formula is C30H34ClFN8O2SSi. The van der Waals surface area contributed by atoms with Crippen molar-refractivity contribution in [2.75, 3.05) is 0 Å². The van der Waals surface area contributed by atoms with Crippen LogP contribution in [-0.2, 0) is 4.43 Å². The molecule has 1 fully saturated rings. The van der Waals surface area contributed by atoms with Crippen LogP contribution in [0.3, 0.4) is 0 Å². The third kappa shape index (κ3) is 6.05. The van der Waals surface area contributed by atoms with Crippen molar-refractivity contribution < 1.29 is 13.6 Å². The fraction of sp³-hybridized carbons (Fsp3) is 0.400. The molecule has 0 spiro atoms. The van der Waals surface area contributed by atoms with Crippen molar-refractivity contribution in [2.45, 2.75) is 76.4 Å². The van der Waals surface area contributed by atoms with Gasteiger partial charge in [0.1, 0.15) is 33.5 Å². The van der Waals surface area contributed by atoms with E-state index in [0.717, 1.165) is 16.9 Å². The van der Waals surface area contributed by atoms with Gasteiger partial charge in [-0.2, -0.15) is 5.10 Å². The van der Waals surface area contributed by atoms with E-state index in [1.165, 1.54) is 18.6 Å². The van der Waals surface area contributed by atoms with E-state index in [2.05, 4.69) is 68.9 Å². The van der Waals surface area contributed by atoms with Crippen LogP contribution in [0.15, 0.2) is 49.1 Å². The summed E-state index contributed by atoms with van der Waals surface area (Å²) >= 11 is 7.21. The number of rotatable bonds is 7. The van der Waals surface area contributed by atoms with E-state index < -0.39 is 8.32 Å². The molecule has 0 bridgehead atoms. The van der Waals surface area contributed by atoms with Gasteiger partial charge < -0.3 is 14.3 Å².